The lowest BCUT2D eigenvalue weighted by molar-refractivity contribution is 0.0688. The quantitative estimate of drug-likeness (QED) is 0.864. The van der Waals surface area contributed by atoms with Crippen LogP contribution in [-0.4, -0.2) is 38.0 Å². The van der Waals surface area contributed by atoms with Gasteiger partial charge < -0.3 is 14.7 Å². The third-order valence-corrected chi connectivity index (χ3v) is 3.25. The summed E-state index contributed by atoms with van der Waals surface area (Å²) in [7, 11) is 1.62. The smallest absolute Gasteiger partial charge is 0.0947 e. The Morgan fingerprint density at radius 3 is 3.00 bits per heavy atom. The van der Waals surface area contributed by atoms with Crippen LogP contribution < -0.4 is 4.90 Å². The van der Waals surface area contributed by atoms with E-state index in [1.807, 2.05) is 0 Å². The molecule has 0 bridgehead atoms. The fourth-order valence-corrected chi connectivity index (χ4v) is 2.46. The Morgan fingerprint density at radius 1 is 1.35 bits per heavy atom. The molecule has 1 aromatic rings. The number of aliphatic hydroxyl groups is 1. The fourth-order valence-electron chi connectivity index (χ4n) is 2.46. The normalized spacial score (nSPS) is 17.4. The number of ether oxygens (including phenoxy) is 1. The maximum Gasteiger partial charge on any atom is 0.0947 e. The third kappa shape index (κ3) is 3.20. The van der Waals surface area contributed by atoms with Gasteiger partial charge in [0.25, 0.3) is 0 Å². The van der Waals surface area contributed by atoms with Gasteiger partial charge in [0.05, 0.1) is 12.7 Å². The highest BCUT2D eigenvalue weighted by molar-refractivity contribution is 5.54. The van der Waals surface area contributed by atoms with Crippen LogP contribution >= 0.6 is 0 Å². The summed E-state index contributed by atoms with van der Waals surface area (Å²) in [4.78, 5) is 2.28. The Labute approximate surface area is 103 Å². The molecule has 1 N–H and O–H groups in total. The summed E-state index contributed by atoms with van der Waals surface area (Å²) >= 11 is 0. The Bertz CT molecular complexity index is 354. The lowest BCUT2D eigenvalue weighted by Gasteiger charge is -2.27. The average molecular weight is 235 g/mol. The molecule has 0 spiro atoms. The van der Waals surface area contributed by atoms with E-state index >= 15 is 0 Å². The first-order valence-electron chi connectivity index (χ1n) is 6.31. The fraction of sp³-hybridized carbons (Fsp3) is 0.571. The first-order valence-corrected chi connectivity index (χ1v) is 6.31. The van der Waals surface area contributed by atoms with Crippen molar-refractivity contribution in [1.82, 2.24) is 0 Å². The van der Waals surface area contributed by atoms with Gasteiger partial charge in [-0.25, -0.2) is 0 Å². The molecular weight excluding hydrogens is 214 g/mol. The van der Waals surface area contributed by atoms with Crippen molar-refractivity contribution in [2.75, 3.05) is 31.7 Å². The van der Waals surface area contributed by atoms with Gasteiger partial charge >= 0.3 is 0 Å². The van der Waals surface area contributed by atoms with Gasteiger partial charge in [0.2, 0.25) is 0 Å². The van der Waals surface area contributed by atoms with Crippen molar-refractivity contribution in [3.05, 3.63) is 29.8 Å². The van der Waals surface area contributed by atoms with Crippen molar-refractivity contribution in [2.24, 2.45) is 0 Å². The number of nitrogens with zero attached hydrogens (tertiary/aromatic N) is 1. The van der Waals surface area contributed by atoms with Gasteiger partial charge in [0.1, 0.15) is 0 Å². The molecular formula is C14H21NO2. The molecule has 2 rings (SSSR count). The molecule has 1 unspecified atom stereocenters. The number of methoxy groups -OCH3 is 1. The van der Waals surface area contributed by atoms with E-state index in [-0.39, 0.29) is 0 Å². The van der Waals surface area contributed by atoms with Crippen LogP contribution in [0.4, 0.5) is 5.69 Å². The van der Waals surface area contributed by atoms with Crippen molar-refractivity contribution in [2.45, 2.75) is 25.4 Å². The predicted molar refractivity (Wildman–Crippen MR) is 69.5 cm³/mol. The van der Waals surface area contributed by atoms with Gasteiger partial charge in [-0.2, -0.15) is 0 Å². The Balaban J connectivity index is 2.11. The molecule has 94 valence electrons. The van der Waals surface area contributed by atoms with E-state index in [1.165, 1.54) is 24.1 Å². The lowest BCUT2D eigenvalue weighted by Crippen LogP contribution is -2.35. The second-order valence-corrected chi connectivity index (χ2v) is 4.64. The standard InChI is InChI=1S/C14H21NO2/c1-17-11-13(16)10-15-9-5-4-7-12-6-2-3-8-14(12)15/h2-3,6,8,13,16H,4-5,7,9-11H2,1H3. The van der Waals surface area contributed by atoms with Gasteiger partial charge in [-0.05, 0) is 30.9 Å². The first-order chi connectivity index (χ1) is 8.31. The van der Waals surface area contributed by atoms with Gasteiger partial charge in [-0.3, -0.25) is 0 Å². The maximum absolute atomic E-state index is 9.85. The number of aryl methyl sites for hydroxylation is 1. The van der Waals surface area contributed by atoms with Crippen LogP contribution in [0.1, 0.15) is 18.4 Å². The highest BCUT2D eigenvalue weighted by atomic mass is 16.5. The highest BCUT2D eigenvalue weighted by Gasteiger charge is 2.17. The second-order valence-electron chi connectivity index (χ2n) is 4.64. The molecule has 1 aromatic carbocycles. The zero-order valence-corrected chi connectivity index (χ0v) is 10.4. The summed E-state index contributed by atoms with van der Waals surface area (Å²) in [5, 5.41) is 9.85. The third-order valence-electron chi connectivity index (χ3n) is 3.25. The second kappa shape index (κ2) is 6.03. The molecule has 3 heteroatoms. The Hall–Kier alpha value is -1.06. The molecule has 0 aliphatic carbocycles. The van der Waals surface area contributed by atoms with Crippen LogP contribution in [0.3, 0.4) is 0 Å². The van der Waals surface area contributed by atoms with Crippen LogP contribution in [0, 0.1) is 0 Å². The monoisotopic (exact) mass is 235 g/mol. The topological polar surface area (TPSA) is 32.7 Å². The number of aliphatic hydroxyl groups excluding tert-OH is 1. The van der Waals surface area contributed by atoms with E-state index < -0.39 is 6.10 Å². The summed E-state index contributed by atoms with van der Waals surface area (Å²) in [5.41, 5.74) is 2.68. The highest BCUT2D eigenvalue weighted by Crippen LogP contribution is 2.25. The van der Waals surface area contributed by atoms with Crippen molar-refractivity contribution in [1.29, 1.82) is 0 Å². The minimum Gasteiger partial charge on any atom is -0.389 e. The molecule has 3 nitrogen and oxygen atoms in total. The minimum atomic E-state index is -0.411. The van der Waals surface area contributed by atoms with E-state index in [0.717, 1.165) is 13.0 Å². The lowest BCUT2D eigenvalue weighted by atomic mass is 10.1. The zero-order chi connectivity index (χ0) is 12.1. The summed E-state index contributed by atoms with van der Waals surface area (Å²) in [6.07, 6.45) is 3.15. The number of rotatable bonds is 4. The van der Waals surface area contributed by atoms with Gasteiger partial charge in [-0.1, -0.05) is 18.2 Å². The molecule has 0 saturated carbocycles. The summed E-state index contributed by atoms with van der Waals surface area (Å²) < 4.78 is 4.99. The van der Waals surface area contributed by atoms with E-state index in [9.17, 15) is 5.11 Å². The van der Waals surface area contributed by atoms with Gasteiger partial charge in [0, 0.05) is 25.9 Å². The molecule has 17 heavy (non-hydrogen) atoms. The molecule has 1 aliphatic rings. The molecule has 1 aliphatic heterocycles. The number of para-hydroxylation sites is 1. The van der Waals surface area contributed by atoms with Crippen LogP contribution in [0.2, 0.25) is 0 Å². The molecule has 0 amide bonds. The largest absolute Gasteiger partial charge is 0.389 e. The molecule has 1 heterocycles. The van der Waals surface area contributed by atoms with Gasteiger partial charge in [0.15, 0.2) is 0 Å². The van der Waals surface area contributed by atoms with Crippen molar-refractivity contribution in [3.8, 4) is 0 Å². The van der Waals surface area contributed by atoms with Gasteiger partial charge in [-0.15, -0.1) is 0 Å². The van der Waals surface area contributed by atoms with E-state index in [2.05, 4.69) is 29.2 Å². The SMILES string of the molecule is COCC(O)CN1CCCCc2ccccc21. The number of β-amino-alcohol motifs (C(OH)–C–C–N with tert-alkyl or cyclic N) is 1. The molecule has 0 fully saturated rings. The number of fused-ring (bicyclic) bond motifs is 1. The van der Waals surface area contributed by atoms with Crippen molar-refractivity contribution >= 4 is 5.69 Å². The molecule has 1 atom stereocenters. The molecule has 0 saturated heterocycles. The number of hydrogen-bond acceptors (Lipinski definition) is 3. The van der Waals surface area contributed by atoms with Crippen LogP contribution in [0.15, 0.2) is 24.3 Å². The van der Waals surface area contributed by atoms with Crippen molar-refractivity contribution in [3.63, 3.8) is 0 Å². The van der Waals surface area contributed by atoms with E-state index in [4.69, 9.17) is 4.74 Å². The van der Waals surface area contributed by atoms with Crippen LogP contribution in [0.25, 0.3) is 0 Å². The summed E-state index contributed by atoms with van der Waals surface area (Å²) in [6, 6.07) is 8.50. The number of benzene rings is 1. The number of anilines is 1. The summed E-state index contributed by atoms with van der Waals surface area (Å²) in [5.74, 6) is 0. The first kappa shape index (κ1) is 12.4. The van der Waals surface area contributed by atoms with E-state index in [1.54, 1.807) is 7.11 Å². The number of hydrogen-bond donors (Lipinski definition) is 1. The zero-order valence-electron chi connectivity index (χ0n) is 10.4. The Kier molecular flexibility index (Phi) is 4.40. The minimum absolute atomic E-state index is 0.401. The maximum atomic E-state index is 9.85. The van der Waals surface area contributed by atoms with Crippen LogP contribution in [0.5, 0.6) is 0 Å². The summed E-state index contributed by atoms with van der Waals surface area (Å²) in [6.45, 7) is 2.08. The Morgan fingerprint density at radius 2 is 2.18 bits per heavy atom. The molecule has 0 aromatic heterocycles. The van der Waals surface area contributed by atoms with Crippen LogP contribution in [-0.2, 0) is 11.2 Å². The van der Waals surface area contributed by atoms with E-state index in [0.29, 0.717) is 13.2 Å². The average Bonchev–Trinajstić information content (AvgIpc) is 2.53. The predicted octanol–water partition coefficient (Wildman–Crippen LogP) is 1.84. The van der Waals surface area contributed by atoms with Crippen molar-refractivity contribution < 1.29 is 9.84 Å². The molecule has 0 radical (unpaired) electrons.